The molecule has 0 heterocycles. The molecular weight excluding hydrogens is 292 g/mol. The lowest BCUT2D eigenvalue weighted by atomic mass is 10.0. The fraction of sp³-hybridized carbons (Fsp3) is 0.909. The summed E-state index contributed by atoms with van der Waals surface area (Å²) in [5.41, 5.74) is 0. The lowest BCUT2D eigenvalue weighted by Gasteiger charge is -2.03. The Morgan fingerprint density at radius 3 is 1.25 bits per heavy atom. The van der Waals surface area contributed by atoms with E-state index < -0.39 is 0 Å². The molecule has 0 unspecified atom stereocenters. The van der Waals surface area contributed by atoms with Crippen molar-refractivity contribution in [2.24, 2.45) is 4.99 Å². The van der Waals surface area contributed by atoms with E-state index in [2.05, 4.69) is 11.9 Å². The molecule has 2 nitrogen and oxygen atoms in total. The van der Waals surface area contributed by atoms with Gasteiger partial charge < -0.3 is 0 Å². The Morgan fingerprint density at radius 1 is 0.583 bits per heavy atom. The standard InChI is InChI=1S/C22H42N2/c1-2-3-4-5-6-7-8-9-10-11-12-13-14-15-16-17-18-19-20-21-24-22-23/h21H,2-20H2,1H3. The fourth-order valence-corrected chi connectivity index (χ4v) is 3.24. The molecule has 0 rings (SSSR count). The van der Waals surface area contributed by atoms with Crippen LogP contribution in [0.5, 0.6) is 0 Å². The van der Waals surface area contributed by atoms with Gasteiger partial charge in [0.25, 0.3) is 0 Å². The highest BCUT2D eigenvalue weighted by Crippen LogP contribution is 2.14. The predicted molar refractivity (Wildman–Crippen MR) is 108 cm³/mol. The zero-order chi connectivity index (χ0) is 17.6. The summed E-state index contributed by atoms with van der Waals surface area (Å²) in [7, 11) is 0. The van der Waals surface area contributed by atoms with Gasteiger partial charge >= 0.3 is 0 Å². The molecular formula is C22H42N2. The third-order valence-electron chi connectivity index (χ3n) is 4.84. The summed E-state index contributed by atoms with van der Waals surface area (Å²) < 4.78 is 0. The summed E-state index contributed by atoms with van der Waals surface area (Å²) in [4.78, 5) is 3.57. The second-order valence-corrected chi connectivity index (χ2v) is 7.21. The van der Waals surface area contributed by atoms with E-state index in [9.17, 15) is 0 Å². The molecule has 0 N–H and O–H groups in total. The lowest BCUT2D eigenvalue weighted by molar-refractivity contribution is 0.526. The van der Waals surface area contributed by atoms with E-state index in [0.29, 0.717) is 0 Å². The summed E-state index contributed by atoms with van der Waals surface area (Å²) in [6.07, 6.45) is 29.9. The summed E-state index contributed by atoms with van der Waals surface area (Å²) in [6.45, 7) is 2.29. The van der Waals surface area contributed by atoms with Gasteiger partial charge in [-0.2, -0.15) is 10.3 Å². The first-order valence-electron chi connectivity index (χ1n) is 10.8. The van der Waals surface area contributed by atoms with Crippen molar-refractivity contribution in [2.45, 2.75) is 129 Å². The summed E-state index contributed by atoms with van der Waals surface area (Å²) >= 11 is 0. The van der Waals surface area contributed by atoms with Crippen LogP contribution in [0.3, 0.4) is 0 Å². The van der Waals surface area contributed by atoms with Crippen molar-refractivity contribution in [3.63, 3.8) is 0 Å². The van der Waals surface area contributed by atoms with E-state index in [4.69, 9.17) is 5.26 Å². The van der Waals surface area contributed by atoms with Crippen molar-refractivity contribution in [3.8, 4) is 6.19 Å². The highest BCUT2D eigenvalue weighted by molar-refractivity contribution is 5.58. The minimum atomic E-state index is 0.965. The molecule has 0 saturated carbocycles. The summed E-state index contributed by atoms with van der Waals surface area (Å²) in [5.74, 6) is 0. The first kappa shape index (κ1) is 23.2. The highest BCUT2D eigenvalue weighted by Gasteiger charge is 1.94. The average Bonchev–Trinajstić information content (AvgIpc) is 2.60. The molecule has 0 aromatic rings. The Kier molecular flexibility index (Phi) is 21.4. The van der Waals surface area contributed by atoms with Gasteiger partial charge in [0.2, 0.25) is 6.19 Å². The Balaban J connectivity index is 2.98. The summed E-state index contributed by atoms with van der Waals surface area (Å²) in [6, 6.07) is 0. The maximum Gasteiger partial charge on any atom is 0.205 e. The van der Waals surface area contributed by atoms with Crippen molar-refractivity contribution < 1.29 is 0 Å². The van der Waals surface area contributed by atoms with E-state index >= 15 is 0 Å². The molecule has 0 aromatic heterocycles. The van der Waals surface area contributed by atoms with Gasteiger partial charge in [-0.15, -0.1) is 0 Å². The lowest BCUT2D eigenvalue weighted by Crippen LogP contribution is -1.84. The zero-order valence-corrected chi connectivity index (χ0v) is 16.4. The van der Waals surface area contributed by atoms with Crippen molar-refractivity contribution in [1.82, 2.24) is 0 Å². The van der Waals surface area contributed by atoms with Crippen LogP contribution in [-0.4, -0.2) is 6.21 Å². The van der Waals surface area contributed by atoms with Gasteiger partial charge in [-0.1, -0.05) is 116 Å². The van der Waals surface area contributed by atoms with Crippen molar-refractivity contribution in [2.75, 3.05) is 0 Å². The number of rotatable bonds is 19. The number of aliphatic imine (C=N–C) groups is 1. The summed E-state index contributed by atoms with van der Waals surface area (Å²) in [5, 5.41) is 8.27. The maximum absolute atomic E-state index is 8.27. The normalized spacial score (nSPS) is 11.2. The van der Waals surface area contributed by atoms with Gasteiger partial charge in [0.15, 0.2) is 0 Å². The average molecular weight is 335 g/mol. The van der Waals surface area contributed by atoms with Crippen LogP contribution >= 0.6 is 0 Å². The third-order valence-corrected chi connectivity index (χ3v) is 4.84. The Bertz CT molecular complexity index is 291. The minimum Gasteiger partial charge on any atom is -0.186 e. The zero-order valence-electron chi connectivity index (χ0n) is 16.4. The van der Waals surface area contributed by atoms with Crippen LogP contribution in [-0.2, 0) is 0 Å². The minimum absolute atomic E-state index is 0.965. The van der Waals surface area contributed by atoms with Crippen LogP contribution in [0.25, 0.3) is 0 Å². The predicted octanol–water partition coefficient (Wildman–Crippen LogP) is 7.97. The van der Waals surface area contributed by atoms with Crippen molar-refractivity contribution >= 4 is 6.21 Å². The molecule has 0 aliphatic rings. The largest absolute Gasteiger partial charge is 0.205 e. The van der Waals surface area contributed by atoms with Crippen LogP contribution in [0.4, 0.5) is 0 Å². The number of hydrogen-bond acceptors (Lipinski definition) is 2. The smallest absolute Gasteiger partial charge is 0.186 e. The molecule has 0 saturated heterocycles. The Labute approximate surface area is 152 Å². The number of hydrogen-bond donors (Lipinski definition) is 0. The second-order valence-electron chi connectivity index (χ2n) is 7.21. The molecule has 0 aromatic carbocycles. The van der Waals surface area contributed by atoms with Crippen LogP contribution in [0.2, 0.25) is 0 Å². The number of nitriles is 1. The van der Waals surface area contributed by atoms with E-state index in [1.807, 2.05) is 0 Å². The van der Waals surface area contributed by atoms with Crippen LogP contribution in [0, 0.1) is 11.5 Å². The molecule has 0 aliphatic carbocycles. The van der Waals surface area contributed by atoms with Crippen molar-refractivity contribution in [1.29, 1.82) is 5.26 Å². The molecule has 0 atom stereocenters. The van der Waals surface area contributed by atoms with Gasteiger partial charge in [-0.05, 0) is 12.8 Å². The molecule has 0 amide bonds. The molecule has 24 heavy (non-hydrogen) atoms. The fourth-order valence-electron chi connectivity index (χ4n) is 3.24. The molecule has 0 radical (unpaired) electrons. The van der Waals surface area contributed by atoms with E-state index in [0.717, 1.165) is 6.42 Å². The quantitative estimate of drug-likeness (QED) is 0.134. The van der Waals surface area contributed by atoms with E-state index in [-0.39, 0.29) is 0 Å². The van der Waals surface area contributed by atoms with Crippen LogP contribution in [0.1, 0.15) is 129 Å². The molecule has 0 fully saturated rings. The van der Waals surface area contributed by atoms with E-state index in [1.165, 1.54) is 116 Å². The molecule has 0 bridgehead atoms. The Morgan fingerprint density at radius 2 is 0.917 bits per heavy atom. The second kappa shape index (κ2) is 22.2. The third kappa shape index (κ3) is 21.2. The first-order chi connectivity index (χ1) is 11.9. The van der Waals surface area contributed by atoms with E-state index in [1.54, 1.807) is 12.4 Å². The van der Waals surface area contributed by atoms with Crippen LogP contribution in [0.15, 0.2) is 4.99 Å². The van der Waals surface area contributed by atoms with Gasteiger partial charge in [0.05, 0.1) is 0 Å². The van der Waals surface area contributed by atoms with Gasteiger partial charge in [0.1, 0.15) is 0 Å². The SMILES string of the molecule is CCCCCCCCCCCCCCCCCCCCC=NC#N. The Hall–Kier alpha value is -0.840. The van der Waals surface area contributed by atoms with Crippen molar-refractivity contribution in [3.05, 3.63) is 0 Å². The molecule has 0 aliphatic heterocycles. The van der Waals surface area contributed by atoms with Gasteiger partial charge in [-0.3, -0.25) is 0 Å². The topological polar surface area (TPSA) is 36.1 Å². The number of unbranched alkanes of at least 4 members (excludes halogenated alkanes) is 18. The van der Waals surface area contributed by atoms with Gasteiger partial charge in [-0.25, -0.2) is 0 Å². The molecule has 140 valence electrons. The monoisotopic (exact) mass is 334 g/mol. The van der Waals surface area contributed by atoms with Crippen LogP contribution < -0.4 is 0 Å². The first-order valence-corrected chi connectivity index (χ1v) is 10.8. The number of nitrogens with zero attached hydrogens (tertiary/aromatic N) is 2. The van der Waals surface area contributed by atoms with Gasteiger partial charge in [0, 0.05) is 6.21 Å². The maximum atomic E-state index is 8.27. The molecule has 2 heteroatoms. The highest BCUT2D eigenvalue weighted by atomic mass is 14.7. The molecule has 0 spiro atoms.